The lowest BCUT2D eigenvalue weighted by Gasteiger charge is -2.16. The number of para-hydroxylation sites is 1. The van der Waals surface area contributed by atoms with Gasteiger partial charge in [0.1, 0.15) is 12.4 Å². The van der Waals surface area contributed by atoms with Crippen molar-refractivity contribution in [3.05, 3.63) is 29.8 Å². The van der Waals surface area contributed by atoms with E-state index in [-0.39, 0.29) is 11.9 Å². The summed E-state index contributed by atoms with van der Waals surface area (Å²) in [6.45, 7) is 2.16. The Bertz CT molecular complexity index is 403. The van der Waals surface area contributed by atoms with Crippen LogP contribution in [0.2, 0.25) is 0 Å². The van der Waals surface area contributed by atoms with Gasteiger partial charge >= 0.3 is 0 Å². The smallest absolute Gasteiger partial charge is 0.220 e. The Kier molecular flexibility index (Phi) is 3.64. The largest absolute Gasteiger partial charge is 0.491 e. The molecule has 0 saturated carbocycles. The lowest BCUT2D eigenvalue weighted by Crippen LogP contribution is -2.31. The van der Waals surface area contributed by atoms with Crippen LogP contribution < -0.4 is 10.1 Å². The second-order valence-electron chi connectivity index (χ2n) is 4.33. The second kappa shape index (κ2) is 5.19. The molecule has 1 heterocycles. The molecular formula is C13H17NO3. The molecule has 92 valence electrons. The molecule has 1 amide bonds. The van der Waals surface area contributed by atoms with Crippen molar-refractivity contribution >= 4 is 5.91 Å². The minimum absolute atomic E-state index is 0.0856. The zero-order chi connectivity index (χ0) is 12.3. The highest BCUT2D eigenvalue weighted by atomic mass is 16.5. The van der Waals surface area contributed by atoms with E-state index in [4.69, 9.17) is 4.74 Å². The summed E-state index contributed by atoms with van der Waals surface area (Å²) in [6.07, 6.45) is 0.839. The number of benzene rings is 1. The van der Waals surface area contributed by atoms with E-state index in [1.807, 2.05) is 24.3 Å². The third-order valence-electron chi connectivity index (χ3n) is 2.89. The average molecular weight is 235 g/mol. The van der Waals surface area contributed by atoms with Crippen molar-refractivity contribution in [1.82, 2.24) is 5.32 Å². The fraction of sp³-hybridized carbons (Fsp3) is 0.462. The third-order valence-corrected chi connectivity index (χ3v) is 2.89. The van der Waals surface area contributed by atoms with Crippen LogP contribution in [-0.2, 0) is 4.79 Å². The summed E-state index contributed by atoms with van der Waals surface area (Å²) in [5, 5.41) is 12.4. The second-order valence-corrected chi connectivity index (χ2v) is 4.33. The Labute approximate surface area is 101 Å². The van der Waals surface area contributed by atoms with Crippen molar-refractivity contribution in [2.24, 2.45) is 0 Å². The van der Waals surface area contributed by atoms with E-state index in [1.165, 1.54) is 0 Å². The van der Waals surface area contributed by atoms with E-state index in [0.717, 1.165) is 12.0 Å². The van der Waals surface area contributed by atoms with Gasteiger partial charge in [-0.3, -0.25) is 4.79 Å². The molecule has 1 saturated heterocycles. The Balaban J connectivity index is 1.96. The summed E-state index contributed by atoms with van der Waals surface area (Å²) >= 11 is 0. The van der Waals surface area contributed by atoms with Crippen LogP contribution in [0.1, 0.15) is 31.4 Å². The normalized spacial score (nSPS) is 21.1. The molecular weight excluding hydrogens is 218 g/mol. The molecule has 0 aliphatic carbocycles. The maximum absolute atomic E-state index is 11.0. The molecule has 1 aliphatic rings. The van der Waals surface area contributed by atoms with Crippen molar-refractivity contribution in [1.29, 1.82) is 0 Å². The van der Waals surface area contributed by atoms with Gasteiger partial charge in [0, 0.05) is 12.0 Å². The van der Waals surface area contributed by atoms with Crippen LogP contribution in [0.4, 0.5) is 0 Å². The minimum atomic E-state index is -0.552. The fourth-order valence-electron chi connectivity index (χ4n) is 1.95. The lowest BCUT2D eigenvalue weighted by molar-refractivity contribution is -0.119. The summed E-state index contributed by atoms with van der Waals surface area (Å²) in [6, 6.07) is 7.50. The van der Waals surface area contributed by atoms with Crippen LogP contribution in [0, 0.1) is 0 Å². The van der Waals surface area contributed by atoms with Gasteiger partial charge < -0.3 is 15.2 Å². The molecule has 0 bridgehead atoms. The van der Waals surface area contributed by atoms with Crippen LogP contribution in [0.3, 0.4) is 0 Å². The van der Waals surface area contributed by atoms with Gasteiger partial charge in [-0.25, -0.2) is 0 Å². The summed E-state index contributed by atoms with van der Waals surface area (Å²) in [4.78, 5) is 11.0. The number of hydrogen-bond acceptors (Lipinski definition) is 3. The van der Waals surface area contributed by atoms with Crippen molar-refractivity contribution in [3.8, 4) is 5.75 Å². The molecule has 4 nitrogen and oxygen atoms in total. The maximum atomic E-state index is 11.0. The van der Waals surface area contributed by atoms with Crippen LogP contribution in [0.15, 0.2) is 24.3 Å². The number of ether oxygens (including phenoxy) is 1. The van der Waals surface area contributed by atoms with Gasteiger partial charge in [-0.15, -0.1) is 0 Å². The van der Waals surface area contributed by atoms with Crippen LogP contribution in [0.25, 0.3) is 0 Å². The predicted molar refractivity (Wildman–Crippen MR) is 63.7 cm³/mol. The van der Waals surface area contributed by atoms with Crippen LogP contribution in [-0.4, -0.2) is 23.7 Å². The number of aliphatic hydroxyl groups excluding tert-OH is 1. The highest BCUT2D eigenvalue weighted by Gasteiger charge is 2.21. The summed E-state index contributed by atoms with van der Waals surface area (Å²) in [5.41, 5.74) is 0.775. The topological polar surface area (TPSA) is 58.6 Å². The maximum Gasteiger partial charge on any atom is 0.220 e. The fourth-order valence-corrected chi connectivity index (χ4v) is 1.95. The van der Waals surface area contributed by atoms with E-state index < -0.39 is 6.10 Å². The quantitative estimate of drug-likeness (QED) is 0.829. The van der Waals surface area contributed by atoms with Gasteiger partial charge in [-0.1, -0.05) is 18.2 Å². The molecule has 17 heavy (non-hydrogen) atoms. The van der Waals surface area contributed by atoms with Gasteiger partial charge in [-0.2, -0.15) is 0 Å². The first-order valence-corrected chi connectivity index (χ1v) is 5.86. The zero-order valence-electron chi connectivity index (χ0n) is 9.85. The number of amides is 1. The monoisotopic (exact) mass is 235 g/mol. The highest BCUT2D eigenvalue weighted by Crippen LogP contribution is 2.24. The molecule has 2 N–H and O–H groups in total. The Morgan fingerprint density at radius 1 is 1.53 bits per heavy atom. The minimum Gasteiger partial charge on any atom is -0.491 e. The Morgan fingerprint density at radius 3 is 2.94 bits per heavy atom. The van der Waals surface area contributed by atoms with Crippen molar-refractivity contribution in [2.45, 2.75) is 31.9 Å². The van der Waals surface area contributed by atoms with Gasteiger partial charge in [0.05, 0.1) is 12.1 Å². The predicted octanol–water partition coefficient (Wildman–Crippen LogP) is 1.40. The average Bonchev–Trinajstić information content (AvgIpc) is 2.73. The van der Waals surface area contributed by atoms with Gasteiger partial charge in [0.25, 0.3) is 0 Å². The van der Waals surface area contributed by atoms with Crippen molar-refractivity contribution in [3.63, 3.8) is 0 Å². The van der Waals surface area contributed by atoms with Crippen molar-refractivity contribution in [2.75, 3.05) is 6.61 Å². The molecule has 0 radical (unpaired) electrons. The standard InChI is InChI=1S/C13H17NO3/c1-9(15)11-4-2-3-5-12(11)17-8-10-6-7-13(16)14-10/h2-5,9-10,15H,6-8H2,1H3,(H,14,16). The number of carbonyl (C=O) groups is 1. The molecule has 2 rings (SSSR count). The van der Waals surface area contributed by atoms with E-state index >= 15 is 0 Å². The van der Waals surface area contributed by atoms with E-state index in [0.29, 0.717) is 18.8 Å². The number of rotatable bonds is 4. The lowest BCUT2D eigenvalue weighted by atomic mass is 10.1. The number of nitrogens with one attached hydrogen (secondary N) is 1. The molecule has 0 spiro atoms. The third kappa shape index (κ3) is 2.97. The first-order chi connectivity index (χ1) is 8.16. The zero-order valence-corrected chi connectivity index (χ0v) is 9.85. The highest BCUT2D eigenvalue weighted by molar-refractivity contribution is 5.78. The van der Waals surface area contributed by atoms with Gasteiger partial charge in [0.15, 0.2) is 0 Å². The Hall–Kier alpha value is -1.55. The van der Waals surface area contributed by atoms with Crippen molar-refractivity contribution < 1.29 is 14.6 Å². The van der Waals surface area contributed by atoms with E-state index in [9.17, 15) is 9.90 Å². The molecule has 1 aromatic carbocycles. The number of aliphatic hydroxyl groups is 1. The van der Waals surface area contributed by atoms with Crippen LogP contribution in [0.5, 0.6) is 5.75 Å². The molecule has 0 aromatic heterocycles. The van der Waals surface area contributed by atoms with Gasteiger partial charge in [-0.05, 0) is 19.4 Å². The molecule has 1 fully saturated rings. The first-order valence-electron chi connectivity index (χ1n) is 5.86. The molecule has 1 aromatic rings. The molecule has 4 heteroatoms. The van der Waals surface area contributed by atoms with E-state index in [1.54, 1.807) is 6.92 Å². The SMILES string of the molecule is CC(O)c1ccccc1OCC1CCC(=O)N1. The van der Waals surface area contributed by atoms with Crippen LogP contribution >= 0.6 is 0 Å². The molecule has 1 aliphatic heterocycles. The summed E-state index contributed by atoms with van der Waals surface area (Å²) in [7, 11) is 0. The molecule has 2 atom stereocenters. The number of hydrogen-bond donors (Lipinski definition) is 2. The van der Waals surface area contributed by atoms with E-state index in [2.05, 4.69) is 5.32 Å². The Morgan fingerprint density at radius 2 is 2.29 bits per heavy atom. The summed E-state index contributed by atoms with van der Waals surface area (Å²) in [5.74, 6) is 0.770. The molecule has 2 unspecified atom stereocenters. The first kappa shape index (κ1) is 11.9. The summed E-state index contributed by atoms with van der Waals surface area (Å²) < 4.78 is 5.66. The number of carbonyl (C=O) groups excluding carboxylic acids is 1. The van der Waals surface area contributed by atoms with Gasteiger partial charge in [0.2, 0.25) is 5.91 Å².